The molecule has 0 saturated heterocycles. The van der Waals surface area contributed by atoms with E-state index in [1.54, 1.807) is 38.5 Å². The summed E-state index contributed by atoms with van der Waals surface area (Å²) in [6.07, 6.45) is 0. The van der Waals surface area contributed by atoms with E-state index < -0.39 is 5.63 Å². The van der Waals surface area contributed by atoms with Gasteiger partial charge in [0.25, 0.3) is 5.91 Å². The quantitative estimate of drug-likeness (QED) is 0.498. The van der Waals surface area contributed by atoms with Crippen molar-refractivity contribution in [1.29, 1.82) is 0 Å². The average Bonchev–Trinajstić information content (AvgIpc) is 3.19. The third-order valence-electron chi connectivity index (χ3n) is 4.69. The Morgan fingerprint density at radius 2 is 1.90 bits per heavy atom. The molecule has 148 valence electrons. The zero-order valence-electron chi connectivity index (χ0n) is 16.2. The van der Waals surface area contributed by atoms with Gasteiger partial charge < -0.3 is 19.2 Å². The van der Waals surface area contributed by atoms with Crippen LogP contribution in [0, 0.1) is 6.92 Å². The fourth-order valence-corrected chi connectivity index (χ4v) is 4.29. The third-order valence-corrected chi connectivity index (χ3v) is 5.85. The number of carbonyl (C=O) groups is 1. The maximum atomic E-state index is 12.8. The summed E-state index contributed by atoms with van der Waals surface area (Å²) in [4.78, 5) is 25.5. The molecule has 0 aliphatic rings. The number of ether oxygens (including phenoxy) is 2. The minimum atomic E-state index is -0.443. The van der Waals surface area contributed by atoms with E-state index >= 15 is 0 Å². The van der Waals surface area contributed by atoms with Gasteiger partial charge in [-0.15, -0.1) is 11.3 Å². The summed E-state index contributed by atoms with van der Waals surface area (Å²) in [7, 11) is 3.16. The number of benzene rings is 2. The highest BCUT2D eigenvalue weighted by molar-refractivity contribution is 7.21. The first-order valence-electron chi connectivity index (χ1n) is 8.96. The van der Waals surface area contributed by atoms with E-state index in [1.165, 1.54) is 11.3 Å². The average molecular weight is 409 g/mol. The molecule has 7 heteroatoms. The summed E-state index contributed by atoms with van der Waals surface area (Å²) in [5.74, 6) is 1.07. The minimum absolute atomic E-state index is 0.266. The van der Waals surface area contributed by atoms with Crippen LogP contribution in [0.1, 0.15) is 20.8 Å². The molecular weight excluding hydrogens is 390 g/mol. The molecule has 0 radical (unpaired) electrons. The van der Waals surface area contributed by atoms with E-state index in [2.05, 4.69) is 5.32 Å². The summed E-state index contributed by atoms with van der Waals surface area (Å²) >= 11 is 1.28. The number of rotatable bonds is 5. The number of aryl methyl sites for hydroxylation is 1. The molecule has 1 N–H and O–H groups in total. The molecule has 2 heterocycles. The summed E-state index contributed by atoms with van der Waals surface area (Å²) in [6.45, 7) is 2.24. The van der Waals surface area contributed by atoms with Crippen molar-refractivity contribution in [3.8, 4) is 11.5 Å². The molecule has 0 unspecified atom stereocenters. The first kappa shape index (κ1) is 19.0. The van der Waals surface area contributed by atoms with Gasteiger partial charge in [0, 0.05) is 17.5 Å². The molecule has 6 nitrogen and oxygen atoms in total. The first-order chi connectivity index (χ1) is 14.0. The molecule has 4 rings (SSSR count). The van der Waals surface area contributed by atoms with Crippen LogP contribution in [-0.4, -0.2) is 20.1 Å². The molecule has 0 aliphatic carbocycles. The Kier molecular flexibility index (Phi) is 4.98. The van der Waals surface area contributed by atoms with Crippen LogP contribution in [0.5, 0.6) is 11.5 Å². The predicted molar refractivity (Wildman–Crippen MR) is 113 cm³/mol. The molecular formula is C22H19NO5S. The topological polar surface area (TPSA) is 77.8 Å². The molecule has 2 aromatic carbocycles. The monoisotopic (exact) mass is 409 g/mol. The standard InChI is InChI=1S/C22H19NO5S/c1-12-4-6-18-15(8-12)20-16(22(25)28-18)10-19(29-20)21(24)23-11-13-9-14(26-2)5-7-17(13)27-3/h4-10H,11H2,1-3H3,(H,23,24). The Labute approximate surface area is 170 Å². The van der Waals surface area contributed by atoms with Crippen molar-refractivity contribution in [2.45, 2.75) is 13.5 Å². The van der Waals surface area contributed by atoms with E-state index in [-0.39, 0.29) is 12.5 Å². The summed E-state index contributed by atoms with van der Waals surface area (Å²) in [5, 5.41) is 4.13. The van der Waals surface area contributed by atoms with Gasteiger partial charge in [-0.25, -0.2) is 4.79 Å². The molecule has 0 spiro atoms. The Balaban J connectivity index is 1.66. The second-order valence-corrected chi connectivity index (χ2v) is 7.66. The number of nitrogens with one attached hydrogen (secondary N) is 1. The second kappa shape index (κ2) is 7.60. The SMILES string of the molecule is COc1ccc(OC)c(CNC(=O)c2cc3c(=O)oc4ccc(C)cc4c3s2)c1. The Bertz CT molecular complexity index is 1290. The molecule has 0 fully saturated rings. The predicted octanol–water partition coefficient (Wildman–Crippen LogP) is 4.26. The van der Waals surface area contributed by atoms with Gasteiger partial charge in [0.1, 0.15) is 17.1 Å². The fraction of sp³-hybridized carbons (Fsp3) is 0.182. The van der Waals surface area contributed by atoms with Gasteiger partial charge in [-0.2, -0.15) is 0 Å². The van der Waals surface area contributed by atoms with Crippen LogP contribution in [0.4, 0.5) is 0 Å². The first-order valence-corrected chi connectivity index (χ1v) is 9.78. The largest absolute Gasteiger partial charge is 0.497 e. The van der Waals surface area contributed by atoms with E-state index in [4.69, 9.17) is 13.9 Å². The Hall–Kier alpha value is -3.32. The number of carbonyl (C=O) groups excluding carboxylic acids is 1. The molecule has 0 atom stereocenters. The highest BCUT2D eigenvalue weighted by Gasteiger charge is 2.16. The van der Waals surface area contributed by atoms with E-state index in [0.717, 1.165) is 21.2 Å². The zero-order chi connectivity index (χ0) is 20.5. The Morgan fingerprint density at radius 1 is 1.07 bits per heavy atom. The fourth-order valence-electron chi connectivity index (χ4n) is 3.20. The lowest BCUT2D eigenvalue weighted by Gasteiger charge is -2.11. The van der Waals surface area contributed by atoms with Crippen LogP contribution in [0.25, 0.3) is 21.1 Å². The number of amides is 1. The van der Waals surface area contributed by atoms with Crippen molar-refractivity contribution >= 4 is 38.3 Å². The third kappa shape index (κ3) is 3.56. The second-order valence-electron chi connectivity index (χ2n) is 6.60. The highest BCUT2D eigenvalue weighted by Crippen LogP contribution is 2.31. The van der Waals surface area contributed by atoms with Gasteiger partial charge in [0.15, 0.2) is 0 Å². The summed E-state index contributed by atoms with van der Waals surface area (Å²) < 4.78 is 16.7. The van der Waals surface area contributed by atoms with Crippen molar-refractivity contribution in [3.63, 3.8) is 0 Å². The highest BCUT2D eigenvalue weighted by atomic mass is 32.1. The molecule has 0 saturated carbocycles. The maximum Gasteiger partial charge on any atom is 0.345 e. The molecule has 1 amide bonds. The number of hydrogen-bond acceptors (Lipinski definition) is 6. The van der Waals surface area contributed by atoms with Crippen molar-refractivity contribution in [2.24, 2.45) is 0 Å². The number of hydrogen-bond donors (Lipinski definition) is 1. The van der Waals surface area contributed by atoms with Gasteiger partial charge in [0.2, 0.25) is 0 Å². The van der Waals surface area contributed by atoms with Crippen molar-refractivity contribution in [3.05, 3.63) is 68.9 Å². The van der Waals surface area contributed by atoms with Crippen LogP contribution in [0.3, 0.4) is 0 Å². The van der Waals surface area contributed by atoms with Crippen LogP contribution in [-0.2, 0) is 6.54 Å². The number of methoxy groups -OCH3 is 2. The number of thiophene rings is 1. The van der Waals surface area contributed by atoms with E-state index in [9.17, 15) is 9.59 Å². The van der Waals surface area contributed by atoms with Crippen molar-refractivity contribution < 1.29 is 18.7 Å². The van der Waals surface area contributed by atoms with E-state index in [0.29, 0.717) is 27.3 Å². The molecule has 0 aliphatic heterocycles. The molecule has 2 aromatic heterocycles. The van der Waals surface area contributed by atoms with Crippen LogP contribution < -0.4 is 20.4 Å². The molecule has 4 aromatic rings. The lowest BCUT2D eigenvalue weighted by Crippen LogP contribution is -2.22. The van der Waals surface area contributed by atoms with Gasteiger partial charge in [0.05, 0.1) is 29.2 Å². The van der Waals surface area contributed by atoms with E-state index in [1.807, 2.05) is 25.1 Å². The summed E-state index contributed by atoms with van der Waals surface area (Å²) in [6, 6.07) is 12.6. The van der Waals surface area contributed by atoms with Gasteiger partial charge in [-0.05, 0) is 43.3 Å². The van der Waals surface area contributed by atoms with Gasteiger partial charge in [-0.1, -0.05) is 11.6 Å². The van der Waals surface area contributed by atoms with Gasteiger partial charge >= 0.3 is 5.63 Å². The van der Waals surface area contributed by atoms with Crippen molar-refractivity contribution in [1.82, 2.24) is 5.32 Å². The van der Waals surface area contributed by atoms with Crippen LogP contribution in [0.2, 0.25) is 0 Å². The minimum Gasteiger partial charge on any atom is -0.497 e. The van der Waals surface area contributed by atoms with Crippen molar-refractivity contribution in [2.75, 3.05) is 14.2 Å². The smallest absolute Gasteiger partial charge is 0.345 e. The maximum absolute atomic E-state index is 12.8. The normalized spacial score (nSPS) is 11.0. The van der Waals surface area contributed by atoms with Gasteiger partial charge in [-0.3, -0.25) is 4.79 Å². The summed E-state index contributed by atoms with van der Waals surface area (Å²) in [5.41, 5.74) is 1.92. The lowest BCUT2D eigenvalue weighted by molar-refractivity contribution is 0.0954. The lowest BCUT2D eigenvalue weighted by atomic mass is 10.1. The van der Waals surface area contributed by atoms with Crippen LogP contribution >= 0.6 is 11.3 Å². The molecule has 29 heavy (non-hydrogen) atoms. The van der Waals surface area contributed by atoms with Crippen LogP contribution in [0.15, 0.2) is 51.7 Å². The number of fused-ring (bicyclic) bond motifs is 3. The Morgan fingerprint density at radius 3 is 2.66 bits per heavy atom. The zero-order valence-corrected chi connectivity index (χ0v) is 17.0. The molecule has 0 bridgehead atoms.